The first-order chi connectivity index (χ1) is 20.9. The average molecular weight is 642 g/mol. The van der Waals surface area contributed by atoms with E-state index in [1.165, 1.54) is 11.3 Å². The standard InChI is InChI=1S/C31H30Cl2N4O5S/c1-2-40-29(38)17-8-11-24-25(12-17)43-30(34-24)35-31(39)37-18-9-10-19(37)14-20(13-18)41-15-21-27(36-42-28(21)16-6-7-16)26-22(32)4-3-5-23(26)33/h3-5,8,11-12,16,18-20H,2,6-7,9-10,13-15H2,1H3,(H,34,35,39). The Balaban J connectivity index is 1.02. The van der Waals surface area contributed by atoms with Gasteiger partial charge in [0.15, 0.2) is 5.13 Å². The molecule has 2 bridgehead atoms. The zero-order valence-electron chi connectivity index (χ0n) is 23.5. The second-order valence-electron chi connectivity index (χ2n) is 11.3. The highest BCUT2D eigenvalue weighted by Gasteiger charge is 2.44. The van der Waals surface area contributed by atoms with E-state index in [0.717, 1.165) is 60.1 Å². The van der Waals surface area contributed by atoms with Gasteiger partial charge in [-0.05, 0) is 75.8 Å². The van der Waals surface area contributed by atoms with Crippen molar-refractivity contribution in [2.24, 2.45) is 0 Å². The van der Waals surface area contributed by atoms with Crippen molar-refractivity contribution in [2.45, 2.75) is 76.2 Å². The molecule has 9 nitrogen and oxygen atoms in total. The maximum absolute atomic E-state index is 13.4. The molecule has 224 valence electrons. The molecule has 2 aromatic carbocycles. The van der Waals surface area contributed by atoms with Crippen LogP contribution in [0.5, 0.6) is 0 Å². The van der Waals surface area contributed by atoms with Crippen LogP contribution in [0.15, 0.2) is 40.9 Å². The first kappa shape index (κ1) is 28.6. The Morgan fingerprint density at radius 2 is 1.84 bits per heavy atom. The lowest BCUT2D eigenvalue weighted by atomic mass is 9.99. The van der Waals surface area contributed by atoms with E-state index in [1.54, 1.807) is 37.3 Å². The summed E-state index contributed by atoms with van der Waals surface area (Å²) in [5.74, 6) is 0.833. The topological polar surface area (TPSA) is 107 Å². The number of halogens is 2. The highest BCUT2D eigenvalue weighted by molar-refractivity contribution is 7.22. The number of thiazole rings is 1. The minimum absolute atomic E-state index is 0.00168. The molecule has 2 amide bonds. The SMILES string of the molecule is CCOC(=O)c1ccc2nc(NC(=O)N3C4CCC3CC(OCc3c(-c5c(Cl)cccc5Cl)noc3C3CC3)C4)sc2c1. The molecule has 3 aliphatic rings. The number of ether oxygens (including phenoxy) is 2. The van der Waals surface area contributed by atoms with Crippen molar-refractivity contribution < 1.29 is 23.6 Å². The van der Waals surface area contributed by atoms with E-state index < -0.39 is 0 Å². The Morgan fingerprint density at radius 3 is 2.53 bits per heavy atom. The van der Waals surface area contributed by atoms with Gasteiger partial charge < -0.3 is 18.9 Å². The van der Waals surface area contributed by atoms with Gasteiger partial charge in [0.05, 0.1) is 45.1 Å². The van der Waals surface area contributed by atoms with Crippen LogP contribution in [-0.2, 0) is 16.1 Å². The van der Waals surface area contributed by atoms with Gasteiger partial charge in [-0.1, -0.05) is 45.8 Å². The number of anilines is 1. The summed E-state index contributed by atoms with van der Waals surface area (Å²) in [5, 5.41) is 8.92. The predicted molar refractivity (Wildman–Crippen MR) is 165 cm³/mol. The molecule has 7 rings (SSSR count). The molecular weight excluding hydrogens is 611 g/mol. The number of aromatic nitrogens is 2. The van der Waals surface area contributed by atoms with E-state index >= 15 is 0 Å². The lowest BCUT2D eigenvalue weighted by Gasteiger charge is -2.38. The van der Waals surface area contributed by atoms with Crippen LogP contribution in [0.25, 0.3) is 21.5 Å². The van der Waals surface area contributed by atoms with Crippen LogP contribution in [-0.4, -0.2) is 51.8 Å². The van der Waals surface area contributed by atoms with Crippen molar-refractivity contribution in [3.8, 4) is 11.3 Å². The maximum atomic E-state index is 13.4. The largest absolute Gasteiger partial charge is 0.462 e. The van der Waals surface area contributed by atoms with Crippen LogP contribution in [0, 0.1) is 0 Å². The molecule has 3 fully saturated rings. The fourth-order valence-electron chi connectivity index (χ4n) is 6.32. The van der Waals surface area contributed by atoms with Crippen LogP contribution in [0.4, 0.5) is 9.93 Å². The molecule has 2 unspecified atom stereocenters. The minimum Gasteiger partial charge on any atom is -0.462 e. The van der Waals surface area contributed by atoms with Gasteiger partial charge in [0, 0.05) is 29.1 Å². The average Bonchev–Trinajstić information content (AvgIpc) is 3.53. The maximum Gasteiger partial charge on any atom is 0.338 e. The molecule has 0 radical (unpaired) electrons. The molecule has 2 aromatic heterocycles. The number of rotatable bonds is 8. The summed E-state index contributed by atoms with van der Waals surface area (Å²) in [7, 11) is 0. The number of hydrogen-bond acceptors (Lipinski definition) is 8. The molecule has 43 heavy (non-hydrogen) atoms. The van der Waals surface area contributed by atoms with E-state index in [1.807, 2.05) is 11.0 Å². The monoisotopic (exact) mass is 640 g/mol. The Labute approximate surface area is 262 Å². The molecule has 2 saturated heterocycles. The molecular formula is C31H30Cl2N4O5S. The van der Waals surface area contributed by atoms with E-state index in [2.05, 4.69) is 15.5 Å². The van der Waals surface area contributed by atoms with Crippen LogP contribution >= 0.6 is 34.5 Å². The second-order valence-corrected chi connectivity index (χ2v) is 13.1. The number of benzene rings is 2. The van der Waals surface area contributed by atoms with Crippen molar-refractivity contribution in [3.63, 3.8) is 0 Å². The summed E-state index contributed by atoms with van der Waals surface area (Å²) in [6.45, 7) is 2.43. The van der Waals surface area contributed by atoms with Gasteiger partial charge in [-0.25, -0.2) is 14.6 Å². The van der Waals surface area contributed by atoms with Gasteiger partial charge in [0.1, 0.15) is 11.5 Å². The molecule has 2 atom stereocenters. The van der Waals surface area contributed by atoms with Crippen molar-refractivity contribution in [1.82, 2.24) is 15.0 Å². The van der Waals surface area contributed by atoms with Gasteiger partial charge >= 0.3 is 12.0 Å². The Bertz CT molecular complexity index is 1670. The van der Waals surface area contributed by atoms with Crippen LogP contribution in [0.2, 0.25) is 10.0 Å². The van der Waals surface area contributed by atoms with E-state index in [0.29, 0.717) is 51.1 Å². The Kier molecular flexibility index (Phi) is 7.79. The number of urea groups is 1. The molecule has 0 spiro atoms. The van der Waals surface area contributed by atoms with Crippen LogP contribution < -0.4 is 5.32 Å². The summed E-state index contributed by atoms with van der Waals surface area (Å²) in [6.07, 6.45) is 5.50. The molecule has 12 heteroatoms. The van der Waals surface area contributed by atoms with Crippen molar-refractivity contribution in [3.05, 3.63) is 63.3 Å². The van der Waals surface area contributed by atoms with Crippen molar-refractivity contribution >= 4 is 61.9 Å². The van der Waals surface area contributed by atoms with Gasteiger partial charge in [0.25, 0.3) is 0 Å². The summed E-state index contributed by atoms with van der Waals surface area (Å²) in [4.78, 5) is 32.1. The predicted octanol–water partition coefficient (Wildman–Crippen LogP) is 8.06. The number of nitrogens with zero attached hydrogens (tertiary/aromatic N) is 3. The molecule has 2 aliphatic heterocycles. The zero-order valence-corrected chi connectivity index (χ0v) is 25.8. The quantitative estimate of drug-likeness (QED) is 0.194. The fourth-order valence-corrected chi connectivity index (χ4v) is 7.79. The first-order valence-corrected chi connectivity index (χ1v) is 16.2. The molecule has 1 saturated carbocycles. The summed E-state index contributed by atoms with van der Waals surface area (Å²) < 4.78 is 18.2. The van der Waals surface area contributed by atoms with Crippen LogP contribution in [0.1, 0.15) is 73.0 Å². The third-order valence-corrected chi connectivity index (χ3v) is 10.0. The van der Waals surface area contributed by atoms with Gasteiger partial charge in [-0.3, -0.25) is 5.32 Å². The minimum atomic E-state index is -0.373. The first-order valence-electron chi connectivity index (χ1n) is 14.6. The Morgan fingerprint density at radius 1 is 1.09 bits per heavy atom. The molecule has 1 aliphatic carbocycles. The van der Waals surface area contributed by atoms with Crippen molar-refractivity contribution in [1.29, 1.82) is 0 Å². The van der Waals surface area contributed by atoms with E-state index in [9.17, 15) is 9.59 Å². The number of carbonyl (C=O) groups excluding carboxylic acids is 2. The molecule has 1 N–H and O–H groups in total. The number of piperidine rings is 1. The van der Waals surface area contributed by atoms with Crippen LogP contribution in [0.3, 0.4) is 0 Å². The normalized spacial score (nSPS) is 21.4. The number of fused-ring (bicyclic) bond motifs is 3. The number of amides is 2. The number of nitrogens with one attached hydrogen (secondary N) is 1. The number of hydrogen-bond donors (Lipinski definition) is 1. The summed E-state index contributed by atoms with van der Waals surface area (Å²) in [5.41, 5.74) is 3.40. The van der Waals surface area contributed by atoms with Gasteiger partial charge in [-0.15, -0.1) is 0 Å². The number of esters is 1. The molecule has 4 aromatic rings. The fraction of sp³-hybridized carbons (Fsp3) is 0.419. The highest BCUT2D eigenvalue weighted by Crippen LogP contribution is 2.46. The summed E-state index contributed by atoms with van der Waals surface area (Å²) >= 11 is 14.4. The van der Waals surface area contributed by atoms with E-state index in [-0.39, 0.29) is 30.2 Å². The van der Waals surface area contributed by atoms with E-state index in [4.69, 9.17) is 37.2 Å². The van der Waals surface area contributed by atoms with Gasteiger partial charge in [0.2, 0.25) is 0 Å². The molecule has 4 heterocycles. The third kappa shape index (κ3) is 5.61. The number of carbonyl (C=O) groups is 2. The zero-order chi connectivity index (χ0) is 29.7. The lowest BCUT2D eigenvalue weighted by Crippen LogP contribution is -2.50. The lowest BCUT2D eigenvalue weighted by molar-refractivity contribution is -0.0158. The Hall–Kier alpha value is -3.18. The third-order valence-electron chi connectivity index (χ3n) is 8.47. The van der Waals surface area contributed by atoms with Crippen molar-refractivity contribution in [2.75, 3.05) is 11.9 Å². The summed E-state index contributed by atoms with van der Waals surface area (Å²) in [6, 6.07) is 10.6. The highest BCUT2D eigenvalue weighted by atomic mass is 35.5. The second kappa shape index (κ2) is 11.7. The smallest absolute Gasteiger partial charge is 0.338 e. The van der Waals surface area contributed by atoms with Gasteiger partial charge in [-0.2, -0.15) is 0 Å².